The van der Waals surface area contributed by atoms with E-state index in [1.54, 1.807) is 36.7 Å². The molecule has 0 unspecified atom stereocenters. The Morgan fingerprint density at radius 3 is 1.76 bits per heavy atom. The highest BCUT2D eigenvalue weighted by Crippen LogP contribution is 2.22. The number of halogens is 2. The van der Waals surface area contributed by atoms with Gasteiger partial charge in [-0.3, -0.25) is 8.80 Å². The molecule has 12 heteroatoms. The second-order valence-corrected chi connectivity index (χ2v) is 11.5. The van der Waals surface area contributed by atoms with E-state index in [0.29, 0.717) is 23.0 Å². The highest BCUT2D eigenvalue weighted by molar-refractivity contribution is 9.10. The van der Waals surface area contributed by atoms with Crippen LogP contribution in [0.25, 0.3) is 34.1 Å². The molecule has 6 heterocycles. The summed E-state index contributed by atoms with van der Waals surface area (Å²) in [5.41, 5.74) is 4.19. The van der Waals surface area contributed by atoms with Crippen molar-refractivity contribution >= 4 is 54.8 Å². The molecule has 0 aliphatic heterocycles. The number of carboxylic acid groups (broad SMARTS) is 1. The fraction of sp³-hybridized carbons (Fsp3) is 0.0303. The van der Waals surface area contributed by atoms with Crippen molar-refractivity contribution in [1.29, 1.82) is 0 Å². The first-order chi connectivity index (χ1) is 21.9. The molecule has 10 nitrogen and oxygen atoms in total. The van der Waals surface area contributed by atoms with Gasteiger partial charge in [0.1, 0.15) is 29.4 Å². The van der Waals surface area contributed by atoms with Crippen LogP contribution >= 0.6 is 31.9 Å². The van der Waals surface area contributed by atoms with Gasteiger partial charge in [-0.15, -0.1) is 0 Å². The monoisotopic (exact) mass is 724 g/mol. The average molecular weight is 726 g/mol. The Labute approximate surface area is 273 Å². The summed E-state index contributed by atoms with van der Waals surface area (Å²) in [6.07, 6.45) is 7.27. The third-order valence-corrected chi connectivity index (χ3v) is 7.52. The zero-order valence-corrected chi connectivity index (χ0v) is 26.5. The Morgan fingerprint density at radius 1 is 0.667 bits per heavy atom. The van der Waals surface area contributed by atoms with Crippen molar-refractivity contribution in [1.82, 2.24) is 28.7 Å². The Balaban J connectivity index is 0.000000167. The van der Waals surface area contributed by atoms with Crippen molar-refractivity contribution in [3.8, 4) is 23.0 Å². The number of aromatic carboxylic acids is 1. The number of ether oxygens (including phenoxy) is 1. The van der Waals surface area contributed by atoms with E-state index < -0.39 is 11.9 Å². The number of imidazole rings is 2. The normalized spacial score (nSPS) is 10.8. The number of carboxylic acids is 1. The van der Waals surface area contributed by atoms with Gasteiger partial charge in [0.2, 0.25) is 0 Å². The highest BCUT2D eigenvalue weighted by atomic mass is 79.9. The van der Waals surface area contributed by atoms with Crippen LogP contribution in [0.2, 0.25) is 0 Å². The van der Waals surface area contributed by atoms with Crippen molar-refractivity contribution < 1.29 is 19.4 Å². The lowest BCUT2D eigenvalue weighted by Crippen LogP contribution is -2.08. The van der Waals surface area contributed by atoms with E-state index in [9.17, 15) is 9.59 Å². The number of benzene rings is 1. The average Bonchev–Trinajstić information content (AvgIpc) is 3.68. The lowest BCUT2D eigenvalue weighted by Gasteiger charge is -2.06. The number of fused-ring (bicyclic) bond motifs is 2. The van der Waals surface area contributed by atoms with Crippen LogP contribution in [0.3, 0.4) is 0 Å². The number of carbonyl (C=O) groups excluding carboxylic acids is 1. The summed E-state index contributed by atoms with van der Waals surface area (Å²) in [7, 11) is 0. The largest absolute Gasteiger partial charge is 0.477 e. The minimum atomic E-state index is -1.05. The van der Waals surface area contributed by atoms with Gasteiger partial charge in [-0.05, 0) is 86.0 Å². The standard InChI is InChI=1S/C20H14BrN3O2.C13H8BrN3O2/c21-15-9-10-16-11-22-19(24(16)12-15)17-7-4-8-18(23-17)20(25)26-13-14-5-2-1-3-6-14;14-8-4-5-9-6-15-12(17(9)7-8)10-2-1-3-11(16-10)13(18)19/h1-12H,13H2;1-7H,(H,18,19). The summed E-state index contributed by atoms with van der Waals surface area (Å²) in [6.45, 7) is 0.213. The Hall–Kier alpha value is -5.20. The van der Waals surface area contributed by atoms with Crippen molar-refractivity contribution in [3.05, 3.63) is 142 Å². The molecule has 6 aromatic heterocycles. The van der Waals surface area contributed by atoms with Crippen LogP contribution < -0.4 is 0 Å². The van der Waals surface area contributed by atoms with Gasteiger partial charge < -0.3 is 9.84 Å². The molecular formula is C33H22Br2N6O4. The molecule has 1 aromatic carbocycles. The first kappa shape index (κ1) is 29.9. The second kappa shape index (κ2) is 13.2. The predicted octanol–water partition coefficient (Wildman–Crippen LogP) is 7.37. The van der Waals surface area contributed by atoms with Gasteiger partial charge in [-0.25, -0.2) is 29.5 Å². The van der Waals surface area contributed by atoms with Crippen LogP contribution in [0.4, 0.5) is 0 Å². The maximum atomic E-state index is 12.3. The van der Waals surface area contributed by atoms with Gasteiger partial charge in [0, 0.05) is 21.3 Å². The van der Waals surface area contributed by atoms with Crippen molar-refractivity contribution in [2.45, 2.75) is 6.61 Å². The second-order valence-electron chi connectivity index (χ2n) is 9.63. The van der Waals surface area contributed by atoms with E-state index in [0.717, 1.165) is 25.5 Å². The van der Waals surface area contributed by atoms with Crippen LogP contribution in [-0.4, -0.2) is 45.8 Å². The number of nitrogens with zero attached hydrogens (tertiary/aromatic N) is 6. The number of pyridine rings is 4. The Morgan fingerprint density at radius 2 is 1.20 bits per heavy atom. The van der Waals surface area contributed by atoms with Crippen LogP contribution in [0.1, 0.15) is 26.5 Å². The lowest BCUT2D eigenvalue weighted by atomic mass is 10.2. The van der Waals surface area contributed by atoms with E-state index in [4.69, 9.17) is 9.84 Å². The van der Waals surface area contributed by atoms with Crippen LogP contribution in [0, 0.1) is 0 Å². The van der Waals surface area contributed by atoms with E-state index in [2.05, 4.69) is 51.8 Å². The van der Waals surface area contributed by atoms with E-state index in [1.165, 1.54) is 6.07 Å². The molecule has 0 fully saturated rings. The van der Waals surface area contributed by atoms with Crippen molar-refractivity contribution in [2.75, 3.05) is 0 Å². The molecule has 0 aliphatic rings. The van der Waals surface area contributed by atoms with Gasteiger partial charge in [0.15, 0.2) is 11.6 Å². The Kier molecular flexibility index (Phi) is 8.76. The molecule has 1 N–H and O–H groups in total. The van der Waals surface area contributed by atoms with Gasteiger partial charge in [-0.2, -0.15) is 0 Å². The van der Waals surface area contributed by atoms with Crippen LogP contribution in [0.5, 0.6) is 0 Å². The molecule has 0 atom stereocenters. The summed E-state index contributed by atoms with van der Waals surface area (Å²) < 4.78 is 11.0. The molecule has 45 heavy (non-hydrogen) atoms. The van der Waals surface area contributed by atoms with Gasteiger partial charge in [0.05, 0.1) is 23.4 Å². The molecule has 0 radical (unpaired) electrons. The summed E-state index contributed by atoms with van der Waals surface area (Å²) in [5, 5.41) is 8.97. The fourth-order valence-corrected chi connectivity index (χ4v) is 5.13. The van der Waals surface area contributed by atoms with Crippen LogP contribution in [0.15, 0.2) is 125 Å². The quantitative estimate of drug-likeness (QED) is 0.176. The molecule has 0 amide bonds. The number of carbonyl (C=O) groups is 2. The maximum absolute atomic E-state index is 12.3. The topological polar surface area (TPSA) is 124 Å². The third kappa shape index (κ3) is 6.82. The molecule has 0 bridgehead atoms. The first-order valence-corrected chi connectivity index (χ1v) is 15.1. The first-order valence-electron chi connectivity index (χ1n) is 13.5. The van der Waals surface area contributed by atoms with Crippen molar-refractivity contribution in [2.24, 2.45) is 0 Å². The molecule has 7 aromatic rings. The number of rotatable bonds is 6. The molecule has 0 aliphatic carbocycles. The molecule has 0 saturated carbocycles. The van der Waals surface area contributed by atoms with Gasteiger partial charge in [-0.1, -0.05) is 42.5 Å². The fourth-order valence-electron chi connectivity index (χ4n) is 4.46. The third-order valence-electron chi connectivity index (χ3n) is 6.58. The van der Waals surface area contributed by atoms with E-state index in [1.807, 2.05) is 81.9 Å². The summed E-state index contributed by atoms with van der Waals surface area (Å²) >= 11 is 6.86. The number of hydrogen-bond acceptors (Lipinski definition) is 7. The SMILES string of the molecule is O=C(O)c1cccc(-c2ncc3ccc(Br)cn23)n1.O=C(OCc1ccccc1)c1cccc(-c2ncc3ccc(Br)cn23)n1. The minimum Gasteiger partial charge on any atom is -0.477 e. The van der Waals surface area contributed by atoms with Gasteiger partial charge in [0.25, 0.3) is 0 Å². The predicted molar refractivity (Wildman–Crippen MR) is 175 cm³/mol. The number of aromatic nitrogens is 6. The van der Waals surface area contributed by atoms with E-state index in [-0.39, 0.29) is 18.0 Å². The molecular weight excluding hydrogens is 704 g/mol. The molecule has 0 spiro atoms. The smallest absolute Gasteiger partial charge is 0.357 e. The Bertz CT molecular complexity index is 2160. The molecule has 222 valence electrons. The highest BCUT2D eigenvalue weighted by Gasteiger charge is 2.14. The molecule has 0 saturated heterocycles. The summed E-state index contributed by atoms with van der Waals surface area (Å²) in [4.78, 5) is 40.5. The van der Waals surface area contributed by atoms with E-state index >= 15 is 0 Å². The number of esters is 1. The van der Waals surface area contributed by atoms with Crippen LogP contribution in [-0.2, 0) is 11.3 Å². The number of hydrogen-bond donors (Lipinski definition) is 1. The maximum Gasteiger partial charge on any atom is 0.357 e. The minimum absolute atomic E-state index is 0.00393. The lowest BCUT2D eigenvalue weighted by molar-refractivity contribution is 0.0465. The summed E-state index contributed by atoms with van der Waals surface area (Å²) in [6, 6.07) is 27.4. The van der Waals surface area contributed by atoms with Crippen molar-refractivity contribution in [3.63, 3.8) is 0 Å². The zero-order valence-electron chi connectivity index (χ0n) is 23.3. The zero-order chi connectivity index (χ0) is 31.3. The molecule has 7 rings (SSSR count). The van der Waals surface area contributed by atoms with Gasteiger partial charge >= 0.3 is 11.9 Å². The summed E-state index contributed by atoms with van der Waals surface area (Å²) in [5.74, 6) is -0.236.